The molecule has 2 rings (SSSR count). The maximum absolute atomic E-state index is 8.77. The maximum atomic E-state index is 8.77. The molecule has 1 aromatic rings. The number of anilines is 2. The van der Waals surface area contributed by atoms with Crippen LogP contribution in [0.4, 0.5) is 11.4 Å². The summed E-state index contributed by atoms with van der Waals surface area (Å²) in [6, 6.07) is 7.99. The molecule has 102 valence electrons. The number of nitrogens with two attached hydrogens (primary N) is 1. The molecule has 1 aliphatic rings. The number of nitrogens with zero attached hydrogens (tertiary/aromatic N) is 1. The van der Waals surface area contributed by atoms with Gasteiger partial charge >= 0.3 is 0 Å². The van der Waals surface area contributed by atoms with Crippen molar-refractivity contribution in [2.24, 2.45) is 16.7 Å². The van der Waals surface area contributed by atoms with E-state index in [1.165, 1.54) is 0 Å². The molecule has 0 aliphatic heterocycles. The average Bonchev–Trinajstić information content (AvgIpc) is 2.71. The van der Waals surface area contributed by atoms with Crippen LogP contribution in [0.25, 0.3) is 0 Å². The number of hydrogen-bond donors (Lipinski definition) is 2. The average molecular weight is 257 g/mol. The fourth-order valence-electron chi connectivity index (χ4n) is 3.02. The Labute approximate surface area is 115 Å². The molecule has 3 heteroatoms. The van der Waals surface area contributed by atoms with E-state index in [0.29, 0.717) is 28.9 Å². The van der Waals surface area contributed by atoms with Crippen LogP contribution in [0.5, 0.6) is 0 Å². The van der Waals surface area contributed by atoms with E-state index < -0.39 is 0 Å². The summed E-state index contributed by atoms with van der Waals surface area (Å²) in [5.74, 6) is 0.678. The number of rotatable bonds is 4. The van der Waals surface area contributed by atoms with Gasteiger partial charge in [-0.2, -0.15) is 5.26 Å². The first-order chi connectivity index (χ1) is 8.80. The molecule has 1 saturated carbocycles. The van der Waals surface area contributed by atoms with Crippen molar-refractivity contribution in [2.45, 2.75) is 34.1 Å². The Balaban J connectivity index is 2.02. The van der Waals surface area contributed by atoms with Crippen molar-refractivity contribution in [3.63, 3.8) is 0 Å². The van der Waals surface area contributed by atoms with Crippen LogP contribution in [0.2, 0.25) is 0 Å². The minimum Gasteiger partial charge on any atom is -0.398 e. The van der Waals surface area contributed by atoms with E-state index in [0.717, 1.165) is 17.8 Å². The lowest BCUT2D eigenvalue weighted by Crippen LogP contribution is -2.08. The van der Waals surface area contributed by atoms with Crippen molar-refractivity contribution >= 4 is 11.4 Å². The molecule has 0 amide bonds. The van der Waals surface area contributed by atoms with Crippen molar-refractivity contribution in [3.8, 4) is 6.07 Å². The molecule has 0 bridgehead atoms. The van der Waals surface area contributed by atoms with Gasteiger partial charge in [-0.1, -0.05) is 27.7 Å². The summed E-state index contributed by atoms with van der Waals surface area (Å²) >= 11 is 0. The predicted octanol–water partition coefficient (Wildman–Crippen LogP) is 3.43. The molecule has 0 atom stereocenters. The monoisotopic (exact) mass is 257 g/mol. The van der Waals surface area contributed by atoms with Crippen molar-refractivity contribution in [2.75, 3.05) is 17.6 Å². The molecule has 0 radical (unpaired) electrons. The Bertz CT molecular complexity index is 509. The van der Waals surface area contributed by atoms with Crippen molar-refractivity contribution in [3.05, 3.63) is 23.8 Å². The predicted molar refractivity (Wildman–Crippen MR) is 79.7 cm³/mol. The van der Waals surface area contributed by atoms with E-state index in [4.69, 9.17) is 11.0 Å². The fourth-order valence-corrected chi connectivity index (χ4v) is 3.02. The number of nitrogens with one attached hydrogen (secondary N) is 1. The number of hydrogen-bond acceptors (Lipinski definition) is 3. The van der Waals surface area contributed by atoms with Crippen LogP contribution in [0, 0.1) is 28.1 Å². The van der Waals surface area contributed by atoms with E-state index in [1.807, 2.05) is 18.2 Å². The van der Waals surface area contributed by atoms with E-state index in [9.17, 15) is 0 Å². The lowest BCUT2D eigenvalue weighted by molar-refractivity contribution is 0.457. The van der Waals surface area contributed by atoms with Gasteiger partial charge in [-0.3, -0.25) is 0 Å². The molecule has 1 fully saturated rings. The van der Waals surface area contributed by atoms with E-state index >= 15 is 0 Å². The van der Waals surface area contributed by atoms with Gasteiger partial charge in [0.05, 0.1) is 12.5 Å². The zero-order chi connectivity index (χ0) is 14.3. The largest absolute Gasteiger partial charge is 0.398 e. The van der Waals surface area contributed by atoms with Gasteiger partial charge < -0.3 is 11.1 Å². The van der Waals surface area contributed by atoms with Crippen LogP contribution in [0.1, 0.15) is 33.3 Å². The summed E-state index contributed by atoms with van der Waals surface area (Å²) in [5, 5.41) is 12.3. The second kappa shape index (κ2) is 4.45. The first-order valence-electron chi connectivity index (χ1n) is 6.80. The molecule has 1 aliphatic carbocycles. The summed E-state index contributed by atoms with van der Waals surface area (Å²) in [7, 11) is 0. The quantitative estimate of drug-likeness (QED) is 0.812. The van der Waals surface area contributed by atoms with Gasteiger partial charge in [-0.15, -0.1) is 0 Å². The Morgan fingerprint density at radius 2 is 1.89 bits per heavy atom. The van der Waals surface area contributed by atoms with Crippen LogP contribution in [0.3, 0.4) is 0 Å². The van der Waals surface area contributed by atoms with Gasteiger partial charge in [0.25, 0.3) is 0 Å². The molecule has 1 aromatic carbocycles. The maximum Gasteiger partial charge on any atom is 0.0670 e. The molecule has 0 spiro atoms. The smallest absolute Gasteiger partial charge is 0.0670 e. The highest BCUT2D eigenvalue weighted by atomic mass is 14.9. The van der Waals surface area contributed by atoms with Crippen LogP contribution in [0.15, 0.2) is 18.2 Å². The molecule has 0 unspecified atom stereocenters. The van der Waals surface area contributed by atoms with Crippen molar-refractivity contribution in [1.29, 1.82) is 5.26 Å². The van der Waals surface area contributed by atoms with Crippen molar-refractivity contribution in [1.82, 2.24) is 0 Å². The molecule has 0 aromatic heterocycles. The zero-order valence-corrected chi connectivity index (χ0v) is 12.2. The zero-order valence-electron chi connectivity index (χ0n) is 12.2. The minimum absolute atomic E-state index is 0.363. The van der Waals surface area contributed by atoms with Gasteiger partial charge in [-0.25, -0.2) is 0 Å². The number of nitriles is 1. The van der Waals surface area contributed by atoms with E-state index in [1.54, 1.807) is 0 Å². The Morgan fingerprint density at radius 1 is 1.26 bits per heavy atom. The normalized spacial score (nSPS) is 19.7. The summed E-state index contributed by atoms with van der Waals surface area (Å²) in [5.41, 5.74) is 9.29. The number of nitrogen functional groups attached to an aromatic ring is 1. The highest BCUT2D eigenvalue weighted by Gasteiger charge is 2.63. The van der Waals surface area contributed by atoms with Gasteiger partial charge in [0.1, 0.15) is 0 Å². The minimum atomic E-state index is 0.363. The SMILES string of the molecule is CC1(C)C(CNc2ccc(N)c(CC#N)c2)C1(C)C. The molecular formula is C16H23N3. The summed E-state index contributed by atoms with van der Waals surface area (Å²) in [6.07, 6.45) is 0.363. The van der Waals surface area contributed by atoms with E-state index in [-0.39, 0.29) is 0 Å². The third-order valence-electron chi connectivity index (χ3n) is 5.24. The first kappa shape index (κ1) is 13.7. The summed E-state index contributed by atoms with van der Waals surface area (Å²) in [6.45, 7) is 10.3. The molecular weight excluding hydrogens is 234 g/mol. The molecule has 19 heavy (non-hydrogen) atoms. The van der Waals surface area contributed by atoms with Gasteiger partial charge in [0.2, 0.25) is 0 Å². The Morgan fingerprint density at radius 3 is 2.42 bits per heavy atom. The highest BCUT2D eigenvalue weighted by Crippen LogP contribution is 2.68. The van der Waals surface area contributed by atoms with Crippen LogP contribution in [-0.4, -0.2) is 6.54 Å². The van der Waals surface area contributed by atoms with Gasteiger partial charge in [-0.05, 0) is 40.5 Å². The van der Waals surface area contributed by atoms with Crippen LogP contribution in [-0.2, 0) is 6.42 Å². The van der Waals surface area contributed by atoms with Crippen molar-refractivity contribution < 1.29 is 0 Å². The highest BCUT2D eigenvalue weighted by molar-refractivity contribution is 5.58. The third-order valence-corrected chi connectivity index (χ3v) is 5.24. The molecule has 0 heterocycles. The molecule has 3 N–H and O–H groups in total. The Kier molecular flexibility index (Phi) is 3.22. The Hall–Kier alpha value is -1.69. The molecule has 0 saturated heterocycles. The second-order valence-electron chi connectivity index (χ2n) is 6.63. The lowest BCUT2D eigenvalue weighted by Gasteiger charge is -2.10. The number of benzene rings is 1. The summed E-state index contributed by atoms with van der Waals surface area (Å²) in [4.78, 5) is 0. The van der Waals surface area contributed by atoms with Gasteiger partial charge in [0.15, 0.2) is 0 Å². The fraction of sp³-hybridized carbons (Fsp3) is 0.562. The lowest BCUT2D eigenvalue weighted by atomic mass is 10.0. The van der Waals surface area contributed by atoms with Crippen LogP contribution >= 0.6 is 0 Å². The summed E-state index contributed by atoms with van der Waals surface area (Å²) < 4.78 is 0. The standard InChI is InChI=1S/C16H23N3/c1-15(2)14(16(15,3)4)10-19-12-5-6-13(18)11(9-12)7-8-17/h5-6,9,14,19H,7,10,18H2,1-4H3. The van der Waals surface area contributed by atoms with Gasteiger partial charge in [0, 0.05) is 17.9 Å². The van der Waals surface area contributed by atoms with E-state index in [2.05, 4.69) is 39.1 Å². The topological polar surface area (TPSA) is 61.8 Å². The second-order valence-corrected chi connectivity index (χ2v) is 6.63. The van der Waals surface area contributed by atoms with Crippen LogP contribution < -0.4 is 11.1 Å². The molecule has 3 nitrogen and oxygen atoms in total. The third kappa shape index (κ3) is 2.28. The first-order valence-corrected chi connectivity index (χ1v) is 6.80.